The number of aromatic nitrogens is 3. The predicted molar refractivity (Wildman–Crippen MR) is 81.4 cm³/mol. The molecule has 1 amide bonds. The Hall–Kier alpha value is -1.52. The van der Waals surface area contributed by atoms with Gasteiger partial charge in [0.2, 0.25) is 10.0 Å². The maximum atomic E-state index is 12.3. The van der Waals surface area contributed by atoms with E-state index in [1.807, 2.05) is 0 Å². The standard InChI is InChI=1S/C13H21N5O4S/c1-10(2)23(20,21)17-7-11(8-17)18-9-12(14-15-18)13(19)16-3-5-22-6-4-16/h9-11H,3-8H2,1-2H3. The molecule has 0 aromatic carbocycles. The molecule has 0 N–H and O–H groups in total. The number of sulfonamides is 1. The lowest BCUT2D eigenvalue weighted by atomic mass is 10.2. The fourth-order valence-corrected chi connectivity index (χ4v) is 3.93. The van der Waals surface area contributed by atoms with E-state index in [2.05, 4.69) is 10.3 Å². The molecule has 2 aliphatic rings. The summed E-state index contributed by atoms with van der Waals surface area (Å²) in [6.07, 6.45) is 1.60. The lowest BCUT2D eigenvalue weighted by molar-refractivity contribution is 0.0299. The van der Waals surface area contributed by atoms with Crippen LogP contribution in [0.3, 0.4) is 0 Å². The Morgan fingerprint density at radius 2 is 1.96 bits per heavy atom. The number of hydrogen-bond donors (Lipinski definition) is 0. The largest absolute Gasteiger partial charge is 0.378 e. The zero-order valence-electron chi connectivity index (χ0n) is 13.3. The molecule has 0 radical (unpaired) electrons. The van der Waals surface area contributed by atoms with Gasteiger partial charge in [-0.25, -0.2) is 13.1 Å². The van der Waals surface area contributed by atoms with E-state index in [4.69, 9.17) is 4.74 Å². The molecule has 2 saturated heterocycles. The summed E-state index contributed by atoms with van der Waals surface area (Å²) >= 11 is 0. The zero-order valence-corrected chi connectivity index (χ0v) is 14.1. The molecule has 0 atom stereocenters. The van der Waals surface area contributed by atoms with Gasteiger partial charge in [0.15, 0.2) is 5.69 Å². The summed E-state index contributed by atoms with van der Waals surface area (Å²) < 4.78 is 32.3. The quantitative estimate of drug-likeness (QED) is 0.720. The minimum atomic E-state index is -3.22. The van der Waals surface area contributed by atoms with Gasteiger partial charge in [0.1, 0.15) is 0 Å². The highest BCUT2D eigenvalue weighted by atomic mass is 32.2. The molecule has 1 aromatic rings. The highest BCUT2D eigenvalue weighted by Crippen LogP contribution is 2.25. The van der Waals surface area contributed by atoms with Crippen molar-refractivity contribution in [3.8, 4) is 0 Å². The number of nitrogens with zero attached hydrogens (tertiary/aromatic N) is 5. The summed E-state index contributed by atoms with van der Waals surface area (Å²) in [6, 6.07) is -0.0673. The SMILES string of the molecule is CC(C)S(=O)(=O)N1CC(n2cc(C(=O)N3CCOCC3)nn2)C1. The number of morpholine rings is 1. The molecule has 0 aliphatic carbocycles. The van der Waals surface area contributed by atoms with Crippen molar-refractivity contribution in [1.82, 2.24) is 24.2 Å². The molecule has 0 bridgehead atoms. The molecule has 128 valence electrons. The van der Waals surface area contributed by atoms with Gasteiger partial charge in [0.25, 0.3) is 5.91 Å². The number of rotatable bonds is 4. The van der Waals surface area contributed by atoms with Crippen molar-refractivity contribution in [1.29, 1.82) is 0 Å². The van der Waals surface area contributed by atoms with Crippen LogP contribution in [0.15, 0.2) is 6.20 Å². The molecular formula is C13H21N5O4S. The van der Waals surface area contributed by atoms with Crippen molar-refractivity contribution in [2.75, 3.05) is 39.4 Å². The molecule has 1 aromatic heterocycles. The van der Waals surface area contributed by atoms with Crippen LogP contribution in [0.4, 0.5) is 0 Å². The van der Waals surface area contributed by atoms with Crippen LogP contribution in [0.2, 0.25) is 0 Å². The molecule has 10 heteroatoms. The van der Waals surface area contributed by atoms with Gasteiger partial charge in [-0.3, -0.25) is 4.79 Å². The molecule has 2 fully saturated rings. The number of carbonyl (C=O) groups excluding carboxylic acids is 1. The average molecular weight is 343 g/mol. The lowest BCUT2D eigenvalue weighted by Gasteiger charge is -2.38. The molecule has 2 aliphatic heterocycles. The van der Waals surface area contributed by atoms with Crippen LogP contribution in [0.25, 0.3) is 0 Å². The predicted octanol–water partition coefficient (Wildman–Crippen LogP) is -0.655. The molecule has 23 heavy (non-hydrogen) atoms. The molecular weight excluding hydrogens is 322 g/mol. The first-order valence-electron chi connectivity index (χ1n) is 7.67. The monoisotopic (exact) mass is 343 g/mol. The van der Waals surface area contributed by atoms with E-state index < -0.39 is 15.3 Å². The summed E-state index contributed by atoms with van der Waals surface area (Å²) in [5, 5.41) is 7.48. The van der Waals surface area contributed by atoms with Crippen LogP contribution in [-0.4, -0.2) is 83.2 Å². The Bertz CT molecular complexity index is 674. The fourth-order valence-electron chi connectivity index (χ4n) is 2.57. The first kappa shape index (κ1) is 16.3. The van der Waals surface area contributed by atoms with Gasteiger partial charge >= 0.3 is 0 Å². The van der Waals surface area contributed by atoms with Crippen molar-refractivity contribution in [2.45, 2.75) is 25.1 Å². The van der Waals surface area contributed by atoms with Crippen LogP contribution in [0, 0.1) is 0 Å². The summed E-state index contributed by atoms with van der Waals surface area (Å²) in [7, 11) is -3.22. The van der Waals surface area contributed by atoms with E-state index in [0.29, 0.717) is 39.4 Å². The van der Waals surface area contributed by atoms with E-state index in [1.165, 1.54) is 4.31 Å². The van der Waals surface area contributed by atoms with Gasteiger partial charge < -0.3 is 9.64 Å². The van der Waals surface area contributed by atoms with Gasteiger partial charge in [-0.2, -0.15) is 4.31 Å². The maximum absolute atomic E-state index is 12.3. The number of amides is 1. The van der Waals surface area contributed by atoms with Crippen molar-refractivity contribution in [2.24, 2.45) is 0 Å². The van der Waals surface area contributed by atoms with E-state index >= 15 is 0 Å². The van der Waals surface area contributed by atoms with Crippen molar-refractivity contribution in [3.05, 3.63) is 11.9 Å². The normalized spacial score (nSPS) is 20.7. The van der Waals surface area contributed by atoms with Gasteiger partial charge in [0, 0.05) is 26.2 Å². The van der Waals surface area contributed by atoms with Crippen LogP contribution in [0.5, 0.6) is 0 Å². The zero-order chi connectivity index (χ0) is 16.6. The molecule has 0 saturated carbocycles. The summed E-state index contributed by atoms with van der Waals surface area (Å²) in [4.78, 5) is 14.0. The second-order valence-corrected chi connectivity index (χ2v) is 8.54. The fraction of sp³-hybridized carbons (Fsp3) is 0.769. The molecule has 0 spiro atoms. The highest BCUT2D eigenvalue weighted by molar-refractivity contribution is 7.89. The summed E-state index contributed by atoms with van der Waals surface area (Å²) in [5.41, 5.74) is 0.289. The third-order valence-electron chi connectivity index (χ3n) is 4.19. The van der Waals surface area contributed by atoms with Gasteiger partial charge in [-0.05, 0) is 13.8 Å². The minimum absolute atomic E-state index is 0.0673. The van der Waals surface area contributed by atoms with E-state index in [1.54, 1.807) is 29.6 Å². The van der Waals surface area contributed by atoms with E-state index in [9.17, 15) is 13.2 Å². The van der Waals surface area contributed by atoms with Gasteiger partial charge in [0.05, 0.1) is 30.7 Å². The summed E-state index contributed by atoms with van der Waals surface area (Å²) in [5.74, 6) is -0.162. The lowest BCUT2D eigenvalue weighted by Crippen LogP contribution is -2.52. The second kappa shape index (κ2) is 6.17. The Balaban J connectivity index is 1.62. The van der Waals surface area contributed by atoms with Crippen molar-refractivity contribution in [3.63, 3.8) is 0 Å². The van der Waals surface area contributed by atoms with Crippen molar-refractivity contribution < 1.29 is 17.9 Å². The topological polar surface area (TPSA) is 97.6 Å². The van der Waals surface area contributed by atoms with Crippen LogP contribution in [0.1, 0.15) is 30.4 Å². The Morgan fingerprint density at radius 1 is 1.30 bits per heavy atom. The van der Waals surface area contributed by atoms with Crippen LogP contribution < -0.4 is 0 Å². The minimum Gasteiger partial charge on any atom is -0.378 e. The highest BCUT2D eigenvalue weighted by Gasteiger charge is 2.39. The van der Waals surface area contributed by atoms with Crippen molar-refractivity contribution >= 4 is 15.9 Å². The number of hydrogen-bond acceptors (Lipinski definition) is 6. The third-order valence-corrected chi connectivity index (χ3v) is 6.40. The molecule has 3 heterocycles. The first-order valence-corrected chi connectivity index (χ1v) is 9.17. The first-order chi connectivity index (χ1) is 10.9. The Morgan fingerprint density at radius 3 is 2.57 bits per heavy atom. The Labute approximate surface area is 135 Å². The molecule has 0 unspecified atom stereocenters. The Kier molecular flexibility index (Phi) is 4.39. The molecule has 3 rings (SSSR count). The second-order valence-electron chi connectivity index (χ2n) is 6.05. The number of carbonyl (C=O) groups is 1. The van der Waals surface area contributed by atoms with Gasteiger partial charge in [-0.15, -0.1) is 5.10 Å². The number of ether oxygens (including phenoxy) is 1. The van der Waals surface area contributed by atoms with Crippen LogP contribution in [-0.2, 0) is 14.8 Å². The average Bonchev–Trinajstić information content (AvgIpc) is 2.95. The van der Waals surface area contributed by atoms with E-state index in [0.717, 1.165) is 0 Å². The third kappa shape index (κ3) is 3.10. The summed E-state index contributed by atoms with van der Waals surface area (Å²) in [6.45, 7) is 6.23. The van der Waals surface area contributed by atoms with Gasteiger partial charge in [-0.1, -0.05) is 5.21 Å². The molecule has 9 nitrogen and oxygen atoms in total. The van der Waals surface area contributed by atoms with Crippen LogP contribution >= 0.6 is 0 Å². The van der Waals surface area contributed by atoms with E-state index in [-0.39, 0.29) is 17.6 Å². The maximum Gasteiger partial charge on any atom is 0.276 e. The smallest absolute Gasteiger partial charge is 0.276 e.